The summed E-state index contributed by atoms with van der Waals surface area (Å²) in [5, 5.41) is 11.4. The van der Waals surface area contributed by atoms with Crippen LogP contribution >= 0.6 is 0 Å². The van der Waals surface area contributed by atoms with Gasteiger partial charge in [-0.3, -0.25) is 9.59 Å². The van der Waals surface area contributed by atoms with E-state index >= 15 is 0 Å². The van der Waals surface area contributed by atoms with E-state index in [-0.39, 0.29) is 29.1 Å². The number of ether oxygens (including phenoxy) is 1. The Hall–Kier alpha value is -3.93. The SMILES string of the molecule is CC(C)(C)c1ccc(C2/C(=C(/O)c3ccc4c(c3)CCO4)C(=O)C(=O)N2CCc2ccc(F)cc2)cc1. The first kappa shape index (κ1) is 24.8. The molecule has 6 heteroatoms. The van der Waals surface area contributed by atoms with Crippen LogP contribution in [0.15, 0.2) is 72.3 Å². The van der Waals surface area contributed by atoms with E-state index in [1.807, 2.05) is 30.3 Å². The molecule has 1 unspecified atom stereocenters. The van der Waals surface area contributed by atoms with Crippen molar-refractivity contribution < 1.29 is 23.8 Å². The number of halogens is 1. The van der Waals surface area contributed by atoms with Crippen LogP contribution in [0.3, 0.4) is 0 Å². The molecule has 2 aliphatic heterocycles. The van der Waals surface area contributed by atoms with E-state index < -0.39 is 17.7 Å². The lowest BCUT2D eigenvalue weighted by molar-refractivity contribution is -0.139. The highest BCUT2D eigenvalue weighted by atomic mass is 19.1. The average Bonchev–Trinajstić information content (AvgIpc) is 3.45. The second-order valence-corrected chi connectivity index (χ2v) is 10.7. The Morgan fingerprint density at radius 2 is 1.73 bits per heavy atom. The van der Waals surface area contributed by atoms with Crippen molar-refractivity contribution in [1.82, 2.24) is 4.90 Å². The zero-order valence-corrected chi connectivity index (χ0v) is 21.3. The van der Waals surface area contributed by atoms with Gasteiger partial charge >= 0.3 is 0 Å². The molecule has 5 nitrogen and oxygen atoms in total. The summed E-state index contributed by atoms with van der Waals surface area (Å²) in [6.45, 7) is 7.18. The minimum Gasteiger partial charge on any atom is -0.507 e. The highest BCUT2D eigenvalue weighted by Gasteiger charge is 2.46. The number of amides is 1. The number of ketones is 1. The molecular formula is C31H30FNO4. The van der Waals surface area contributed by atoms with Crippen molar-refractivity contribution in [3.05, 3.63) is 106 Å². The molecule has 1 saturated heterocycles. The predicted octanol–water partition coefficient (Wildman–Crippen LogP) is 5.72. The van der Waals surface area contributed by atoms with E-state index in [1.54, 1.807) is 24.3 Å². The molecule has 0 aliphatic carbocycles. The molecule has 37 heavy (non-hydrogen) atoms. The number of fused-ring (bicyclic) bond motifs is 1. The fraction of sp³-hybridized carbons (Fsp3) is 0.290. The van der Waals surface area contributed by atoms with Crippen LogP contribution < -0.4 is 4.74 Å². The maximum absolute atomic E-state index is 13.4. The Kier molecular flexibility index (Phi) is 6.36. The Morgan fingerprint density at radius 3 is 2.41 bits per heavy atom. The van der Waals surface area contributed by atoms with Crippen LogP contribution in [0.2, 0.25) is 0 Å². The molecule has 2 aliphatic rings. The van der Waals surface area contributed by atoms with E-state index in [2.05, 4.69) is 20.8 Å². The van der Waals surface area contributed by atoms with Crippen molar-refractivity contribution in [2.45, 2.75) is 45.1 Å². The van der Waals surface area contributed by atoms with Crippen LogP contribution in [-0.4, -0.2) is 34.8 Å². The Labute approximate surface area is 216 Å². The first-order valence-electron chi connectivity index (χ1n) is 12.5. The van der Waals surface area contributed by atoms with Gasteiger partial charge in [-0.25, -0.2) is 4.39 Å². The summed E-state index contributed by atoms with van der Waals surface area (Å²) >= 11 is 0. The monoisotopic (exact) mass is 499 g/mol. The molecule has 1 atom stereocenters. The first-order chi connectivity index (χ1) is 17.6. The highest BCUT2D eigenvalue weighted by molar-refractivity contribution is 6.46. The summed E-state index contributed by atoms with van der Waals surface area (Å²) in [4.78, 5) is 28.1. The number of carbonyl (C=O) groups is 2. The summed E-state index contributed by atoms with van der Waals surface area (Å²) in [5.41, 5.74) is 4.18. The second kappa shape index (κ2) is 9.51. The summed E-state index contributed by atoms with van der Waals surface area (Å²) < 4.78 is 18.9. The molecular weight excluding hydrogens is 469 g/mol. The van der Waals surface area contributed by atoms with E-state index in [9.17, 15) is 19.1 Å². The van der Waals surface area contributed by atoms with E-state index in [0.29, 0.717) is 18.6 Å². The molecule has 5 rings (SSSR count). The molecule has 0 bridgehead atoms. The molecule has 190 valence electrons. The molecule has 1 N–H and O–H groups in total. The second-order valence-electron chi connectivity index (χ2n) is 10.7. The van der Waals surface area contributed by atoms with Crippen molar-refractivity contribution in [3.8, 4) is 5.75 Å². The number of carbonyl (C=O) groups excluding carboxylic acids is 2. The lowest BCUT2D eigenvalue weighted by Gasteiger charge is -2.26. The standard InChI is InChI=1S/C31H30FNO4/c1-31(2,3)23-9-6-20(7-10-23)27-26(28(34)22-8-13-25-21(18-22)15-17-37-25)29(35)30(36)33(27)16-14-19-4-11-24(32)12-5-19/h4-13,18,27,34H,14-17H2,1-3H3/b28-26-. The van der Waals surface area contributed by atoms with Crippen LogP contribution in [-0.2, 0) is 27.8 Å². The molecule has 3 aromatic rings. The molecule has 0 radical (unpaired) electrons. The summed E-state index contributed by atoms with van der Waals surface area (Å²) in [6, 6.07) is 18.5. The molecule has 0 spiro atoms. The topological polar surface area (TPSA) is 66.8 Å². The molecule has 1 amide bonds. The molecule has 2 heterocycles. The van der Waals surface area contributed by atoms with Gasteiger partial charge in [0.2, 0.25) is 0 Å². The van der Waals surface area contributed by atoms with Gasteiger partial charge in [-0.15, -0.1) is 0 Å². The third kappa shape index (κ3) is 4.76. The fourth-order valence-corrected chi connectivity index (χ4v) is 5.01. The molecule has 1 fully saturated rings. The molecule has 3 aromatic carbocycles. The van der Waals surface area contributed by atoms with Gasteiger partial charge in [-0.05, 0) is 64.4 Å². The van der Waals surface area contributed by atoms with E-state index in [4.69, 9.17) is 4.74 Å². The number of nitrogens with zero attached hydrogens (tertiary/aromatic N) is 1. The third-order valence-corrected chi connectivity index (χ3v) is 7.15. The number of benzene rings is 3. The van der Waals surface area contributed by atoms with Gasteiger partial charge in [-0.2, -0.15) is 0 Å². The van der Waals surface area contributed by atoms with Gasteiger partial charge in [0.25, 0.3) is 11.7 Å². The number of likely N-dealkylation sites (tertiary alicyclic amines) is 1. The van der Waals surface area contributed by atoms with Gasteiger partial charge in [0.05, 0.1) is 18.2 Å². The predicted molar refractivity (Wildman–Crippen MR) is 140 cm³/mol. The third-order valence-electron chi connectivity index (χ3n) is 7.15. The average molecular weight is 500 g/mol. The lowest BCUT2D eigenvalue weighted by Crippen LogP contribution is -2.31. The summed E-state index contributed by atoms with van der Waals surface area (Å²) in [5.74, 6) is -1.12. The smallest absolute Gasteiger partial charge is 0.295 e. The van der Waals surface area contributed by atoms with Gasteiger partial charge in [0.1, 0.15) is 17.3 Å². The maximum atomic E-state index is 13.4. The van der Waals surface area contributed by atoms with Crippen molar-refractivity contribution in [3.63, 3.8) is 0 Å². The van der Waals surface area contributed by atoms with Gasteiger partial charge < -0.3 is 14.7 Å². The minimum absolute atomic E-state index is 0.0601. The quantitative estimate of drug-likeness (QED) is 0.277. The number of hydrogen-bond acceptors (Lipinski definition) is 4. The van der Waals surface area contributed by atoms with Gasteiger partial charge in [0.15, 0.2) is 0 Å². The van der Waals surface area contributed by atoms with Crippen molar-refractivity contribution in [2.24, 2.45) is 0 Å². The number of rotatable bonds is 5. The number of aliphatic hydroxyl groups is 1. The van der Waals surface area contributed by atoms with Crippen LogP contribution in [0, 0.1) is 5.82 Å². The number of aliphatic hydroxyl groups excluding tert-OH is 1. The first-order valence-corrected chi connectivity index (χ1v) is 12.5. The van der Waals surface area contributed by atoms with Gasteiger partial charge in [0, 0.05) is 18.5 Å². The Morgan fingerprint density at radius 1 is 1.03 bits per heavy atom. The lowest BCUT2D eigenvalue weighted by atomic mass is 9.85. The van der Waals surface area contributed by atoms with Crippen LogP contribution in [0.25, 0.3) is 5.76 Å². The minimum atomic E-state index is -0.737. The van der Waals surface area contributed by atoms with Crippen LogP contribution in [0.4, 0.5) is 4.39 Å². The van der Waals surface area contributed by atoms with Gasteiger partial charge in [-0.1, -0.05) is 57.2 Å². The highest BCUT2D eigenvalue weighted by Crippen LogP contribution is 2.41. The fourth-order valence-electron chi connectivity index (χ4n) is 5.01. The zero-order valence-electron chi connectivity index (χ0n) is 21.3. The van der Waals surface area contributed by atoms with Crippen LogP contribution in [0.1, 0.15) is 54.6 Å². The zero-order chi connectivity index (χ0) is 26.3. The van der Waals surface area contributed by atoms with Crippen molar-refractivity contribution in [2.75, 3.05) is 13.2 Å². The van der Waals surface area contributed by atoms with Crippen LogP contribution in [0.5, 0.6) is 5.75 Å². The normalized spacial score (nSPS) is 18.7. The Bertz CT molecular complexity index is 1380. The number of Topliss-reactive ketones (excluding diaryl/α,β-unsaturated/α-hetero) is 1. The van der Waals surface area contributed by atoms with Crippen molar-refractivity contribution in [1.29, 1.82) is 0 Å². The maximum Gasteiger partial charge on any atom is 0.295 e. The Balaban J connectivity index is 1.57. The van der Waals surface area contributed by atoms with Crippen molar-refractivity contribution >= 4 is 17.4 Å². The summed E-state index contributed by atoms with van der Waals surface area (Å²) in [7, 11) is 0. The van der Waals surface area contributed by atoms with E-state index in [0.717, 1.165) is 34.4 Å². The summed E-state index contributed by atoms with van der Waals surface area (Å²) in [6.07, 6.45) is 1.17. The van der Waals surface area contributed by atoms with E-state index in [1.165, 1.54) is 17.0 Å². The number of hydrogen-bond donors (Lipinski definition) is 1. The molecule has 0 aromatic heterocycles. The largest absolute Gasteiger partial charge is 0.507 e. The molecule has 0 saturated carbocycles.